The Bertz CT molecular complexity index is 854. The molecule has 30 heavy (non-hydrogen) atoms. The Kier molecular flexibility index (Phi) is 7.82. The first-order chi connectivity index (χ1) is 14.5. The number of anilines is 1. The van der Waals surface area contributed by atoms with Crippen molar-refractivity contribution < 1.29 is 19.1 Å². The van der Waals surface area contributed by atoms with E-state index in [-0.39, 0.29) is 24.5 Å². The van der Waals surface area contributed by atoms with Gasteiger partial charge in [-0.3, -0.25) is 14.5 Å². The molecule has 3 rings (SSSR count). The molecule has 0 aliphatic carbocycles. The zero-order valence-electron chi connectivity index (χ0n) is 17.5. The van der Waals surface area contributed by atoms with Crippen molar-refractivity contribution in [3.8, 4) is 5.75 Å². The van der Waals surface area contributed by atoms with Gasteiger partial charge in [-0.05, 0) is 43.2 Å². The first-order valence-corrected chi connectivity index (χ1v) is 10.2. The van der Waals surface area contributed by atoms with Gasteiger partial charge in [0, 0.05) is 19.6 Å². The van der Waals surface area contributed by atoms with Gasteiger partial charge in [-0.15, -0.1) is 0 Å². The van der Waals surface area contributed by atoms with E-state index >= 15 is 0 Å². The lowest BCUT2D eigenvalue weighted by Crippen LogP contribution is -2.44. The van der Waals surface area contributed by atoms with E-state index in [0.29, 0.717) is 30.8 Å². The summed E-state index contributed by atoms with van der Waals surface area (Å²) >= 11 is 0. The molecule has 1 fully saturated rings. The van der Waals surface area contributed by atoms with Crippen molar-refractivity contribution in [1.82, 2.24) is 10.2 Å². The summed E-state index contributed by atoms with van der Waals surface area (Å²) in [6, 6.07) is 14.8. The number of morpholine rings is 1. The minimum atomic E-state index is -0.209. The normalized spacial score (nSPS) is 16.7. The van der Waals surface area contributed by atoms with E-state index in [9.17, 15) is 9.59 Å². The van der Waals surface area contributed by atoms with Crippen LogP contribution in [0.2, 0.25) is 0 Å². The quantitative estimate of drug-likeness (QED) is 0.697. The van der Waals surface area contributed by atoms with Crippen LogP contribution in [0.4, 0.5) is 5.69 Å². The van der Waals surface area contributed by atoms with Gasteiger partial charge >= 0.3 is 0 Å². The van der Waals surface area contributed by atoms with E-state index in [1.807, 2.05) is 31.2 Å². The number of nitrogens with one attached hydrogen (secondary N) is 2. The molecule has 1 aliphatic rings. The number of nitrogens with zero attached hydrogens (tertiary/aromatic N) is 1. The van der Waals surface area contributed by atoms with Crippen LogP contribution in [0.1, 0.15) is 22.8 Å². The lowest BCUT2D eigenvalue weighted by molar-refractivity contribution is -0.119. The number of carbonyl (C=O) groups is 2. The predicted molar refractivity (Wildman–Crippen MR) is 116 cm³/mol. The van der Waals surface area contributed by atoms with Crippen molar-refractivity contribution >= 4 is 17.5 Å². The number of hydrogen-bond acceptors (Lipinski definition) is 5. The molecule has 2 N–H and O–H groups in total. The van der Waals surface area contributed by atoms with E-state index in [4.69, 9.17) is 9.47 Å². The largest absolute Gasteiger partial charge is 0.497 e. The van der Waals surface area contributed by atoms with Crippen molar-refractivity contribution in [3.05, 3.63) is 59.7 Å². The minimum absolute atomic E-state index is 0.121. The summed E-state index contributed by atoms with van der Waals surface area (Å²) in [5.74, 6) is 0.459. The number of methoxy groups -OCH3 is 1. The van der Waals surface area contributed by atoms with Gasteiger partial charge in [0.15, 0.2) is 0 Å². The SMILES string of the molecule is COc1ccc(CCNC(=O)c2ccccc2NC(=O)CN2CCO[C@H](C)C2)cc1. The van der Waals surface area contributed by atoms with Crippen LogP contribution in [-0.4, -0.2) is 62.7 Å². The number of ether oxygens (including phenoxy) is 2. The topological polar surface area (TPSA) is 79.9 Å². The molecule has 0 bridgehead atoms. The molecule has 2 aromatic carbocycles. The van der Waals surface area contributed by atoms with Crippen molar-refractivity contribution in [2.45, 2.75) is 19.4 Å². The van der Waals surface area contributed by atoms with Crippen LogP contribution < -0.4 is 15.4 Å². The molecule has 0 aromatic heterocycles. The molecule has 1 heterocycles. The molecule has 0 saturated carbocycles. The van der Waals surface area contributed by atoms with Gasteiger partial charge in [0.25, 0.3) is 5.91 Å². The van der Waals surface area contributed by atoms with Crippen molar-refractivity contribution in [3.63, 3.8) is 0 Å². The summed E-state index contributed by atoms with van der Waals surface area (Å²) in [5.41, 5.74) is 2.08. The van der Waals surface area contributed by atoms with Crippen LogP contribution >= 0.6 is 0 Å². The molecule has 2 aromatic rings. The van der Waals surface area contributed by atoms with Gasteiger partial charge < -0.3 is 20.1 Å². The van der Waals surface area contributed by atoms with Crippen LogP contribution in [0.15, 0.2) is 48.5 Å². The third-order valence-corrected chi connectivity index (χ3v) is 5.00. The fourth-order valence-electron chi connectivity index (χ4n) is 3.42. The number of benzene rings is 2. The average molecular weight is 412 g/mol. The van der Waals surface area contributed by atoms with Crippen LogP contribution in [0, 0.1) is 0 Å². The third-order valence-electron chi connectivity index (χ3n) is 5.00. The highest BCUT2D eigenvalue weighted by molar-refractivity contribution is 6.04. The van der Waals surface area contributed by atoms with Gasteiger partial charge in [0.2, 0.25) is 5.91 Å². The summed E-state index contributed by atoms with van der Waals surface area (Å²) in [5, 5.41) is 5.81. The summed E-state index contributed by atoms with van der Waals surface area (Å²) in [6.45, 7) is 4.85. The molecule has 0 unspecified atom stereocenters. The number of hydrogen-bond donors (Lipinski definition) is 2. The second kappa shape index (κ2) is 10.8. The van der Waals surface area contributed by atoms with Crippen molar-refractivity contribution in [2.75, 3.05) is 45.2 Å². The summed E-state index contributed by atoms with van der Waals surface area (Å²) < 4.78 is 10.7. The Morgan fingerprint density at radius 2 is 1.93 bits per heavy atom. The fraction of sp³-hybridized carbons (Fsp3) is 0.391. The van der Waals surface area contributed by atoms with Crippen molar-refractivity contribution in [2.24, 2.45) is 0 Å². The second-order valence-electron chi connectivity index (χ2n) is 7.36. The smallest absolute Gasteiger partial charge is 0.253 e. The lowest BCUT2D eigenvalue weighted by atomic mass is 10.1. The molecule has 1 saturated heterocycles. The Morgan fingerprint density at radius 3 is 2.67 bits per heavy atom. The Balaban J connectivity index is 1.52. The molecule has 7 nitrogen and oxygen atoms in total. The molecular weight excluding hydrogens is 382 g/mol. The first-order valence-electron chi connectivity index (χ1n) is 10.2. The number of carbonyl (C=O) groups excluding carboxylic acids is 2. The van der Waals surface area contributed by atoms with E-state index < -0.39 is 0 Å². The zero-order chi connectivity index (χ0) is 21.3. The number of rotatable bonds is 8. The molecule has 0 spiro atoms. The Labute approximate surface area is 177 Å². The number of para-hydroxylation sites is 1. The second-order valence-corrected chi connectivity index (χ2v) is 7.36. The maximum atomic E-state index is 12.7. The molecule has 1 aliphatic heterocycles. The highest BCUT2D eigenvalue weighted by Gasteiger charge is 2.20. The summed E-state index contributed by atoms with van der Waals surface area (Å²) in [6.07, 6.45) is 0.828. The first kappa shape index (κ1) is 21.8. The van der Waals surface area contributed by atoms with Crippen LogP contribution in [0.3, 0.4) is 0 Å². The zero-order valence-corrected chi connectivity index (χ0v) is 17.5. The maximum Gasteiger partial charge on any atom is 0.253 e. The van der Waals surface area contributed by atoms with E-state index in [2.05, 4.69) is 15.5 Å². The highest BCUT2D eigenvalue weighted by atomic mass is 16.5. The average Bonchev–Trinajstić information content (AvgIpc) is 2.74. The monoisotopic (exact) mass is 411 g/mol. The van der Waals surface area contributed by atoms with E-state index in [0.717, 1.165) is 24.4 Å². The van der Waals surface area contributed by atoms with Gasteiger partial charge in [-0.2, -0.15) is 0 Å². The van der Waals surface area contributed by atoms with Gasteiger partial charge in [-0.1, -0.05) is 24.3 Å². The predicted octanol–water partition coefficient (Wildman–Crippen LogP) is 2.33. The molecule has 2 amide bonds. The van der Waals surface area contributed by atoms with Gasteiger partial charge in [0.05, 0.1) is 37.6 Å². The third kappa shape index (κ3) is 6.30. The Hall–Kier alpha value is -2.90. The van der Waals surface area contributed by atoms with Gasteiger partial charge in [-0.25, -0.2) is 0 Å². The highest BCUT2D eigenvalue weighted by Crippen LogP contribution is 2.16. The van der Waals surface area contributed by atoms with Crippen LogP contribution in [-0.2, 0) is 16.0 Å². The minimum Gasteiger partial charge on any atom is -0.497 e. The van der Waals surface area contributed by atoms with Crippen LogP contribution in [0.25, 0.3) is 0 Å². The Morgan fingerprint density at radius 1 is 1.17 bits per heavy atom. The lowest BCUT2D eigenvalue weighted by Gasteiger charge is -2.30. The maximum absolute atomic E-state index is 12.7. The fourth-order valence-corrected chi connectivity index (χ4v) is 3.42. The van der Waals surface area contributed by atoms with Gasteiger partial charge in [0.1, 0.15) is 5.75 Å². The van der Waals surface area contributed by atoms with Crippen molar-refractivity contribution in [1.29, 1.82) is 0 Å². The molecule has 1 atom stereocenters. The molecule has 0 radical (unpaired) electrons. The van der Waals surface area contributed by atoms with Crippen LogP contribution in [0.5, 0.6) is 5.75 Å². The van der Waals surface area contributed by atoms with E-state index in [1.54, 1.807) is 31.4 Å². The molecule has 7 heteroatoms. The molecule has 160 valence electrons. The number of amides is 2. The standard InChI is InChI=1S/C23H29N3O4/c1-17-15-26(13-14-30-17)16-22(27)25-21-6-4-3-5-20(21)23(28)24-12-11-18-7-9-19(29-2)10-8-18/h3-10,17H,11-16H2,1-2H3,(H,24,28)(H,25,27)/t17-/m1/s1. The summed E-state index contributed by atoms with van der Waals surface area (Å²) in [7, 11) is 1.63. The molecular formula is C23H29N3O4. The van der Waals surface area contributed by atoms with E-state index in [1.165, 1.54) is 0 Å². The summed E-state index contributed by atoms with van der Waals surface area (Å²) in [4.78, 5) is 27.2.